The fourth-order valence-corrected chi connectivity index (χ4v) is 4.70. The molecule has 1 radical (unpaired) electrons. The van der Waals surface area contributed by atoms with Crippen LogP contribution in [0.4, 0.5) is 0 Å². The molecule has 1 aromatic carbocycles. The normalized spacial score (nSPS) is 27.0. The lowest BCUT2D eigenvalue weighted by Gasteiger charge is -2.38. The molecule has 1 saturated heterocycles. The van der Waals surface area contributed by atoms with Gasteiger partial charge in [-0.15, -0.1) is 0 Å². The van der Waals surface area contributed by atoms with Crippen molar-refractivity contribution in [3.63, 3.8) is 0 Å². The number of hydrogen-bond acceptors (Lipinski definition) is 3. The fraction of sp³-hybridized carbons (Fsp3) is 0.714. The van der Waals surface area contributed by atoms with E-state index in [1.165, 1.54) is 22.3 Å². The lowest BCUT2D eigenvalue weighted by molar-refractivity contribution is 0.0508. The minimum Gasteiger partial charge on any atom is -0.542 e. The Morgan fingerprint density at radius 3 is 2.28 bits per heavy atom. The summed E-state index contributed by atoms with van der Waals surface area (Å²) in [4.78, 5) is 0. The van der Waals surface area contributed by atoms with Crippen molar-refractivity contribution >= 4 is 9.04 Å². The van der Waals surface area contributed by atoms with E-state index < -0.39 is 9.04 Å². The SMILES string of the molecule is Cc1c(C)c2c(c(C)c1O[Si](C)C)CC[C@@](C)(CCC1OC1(C)C)O2. The minimum absolute atomic E-state index is 0.0674. The van der Waals surface area contributed by atoms with E-state index in [0.717, 1.165) is 37.2 Å². The number of benzene rings is 1. The van der Waals surface area contributed by atoms with Crippen LogP contribution in [0.2, 0.25) is 13.1 Å². The van der Waals surface area contributed by atoms with E-state index >= 15 is 0 Å². The highest BCUT2D eigenvalue weighted by molar-refractivity contribution is 6.49. The molecule has 25 heavy (non-hydrogen) atoms. The van der Waals surface area contributed by atoms with Gasteiger partial charge < -0.3 is 13.9 Å². The Morgan fingerprint density at radius 2 is 1.72 bits per heavy atom. The molecule has 0 spiro atoms. The first-order valence-electron chi connectivity index (χ1n) is 9.51. The largest absolute Gasteiger partial charge is 0.542 e. The van der Waals surface area contributed by atoms with Crippen molar-refractivity contribution in [2.75, 3.05) is 0 Å². The van der Waals surface area contributed by atoms with Gasteiger partial charge in [-0.3, -0.25) is 0 Å². The molecule has 139 valence electrons. The van der Waals surface area contributed by atoms with Gasteiger partial charge >= 0.3 is 0 Å². The first kappa shape index (κ1) is 18.8. The maximum Gasteiger partial charge on any atom is 0.274 e. The molecule has 0 amide bonds. The molecule has 0 bridgehead atoms. The molecule has 4 heteroatoms. The molecule has 1 unspecified atom stereocenters. The van der Waals surface area contributed by atoms with Gasteiger partial charge in [0.1, 0.15) is 17.1 Å². The summed E-state index contributed by atoms with van der Waals surface area (Å²) in [6.07, 6.45) is 4.65. The molecule has 2 aliphatic heterocycles. The van der Waals surface area contributed by atoms with E-state index in [1.807, 2.05) is 0 Å². The maximum absolute atomic E-state index is 6.62. The van der Waals surface area contributed by atoms with Crippen LogP contribution < -0.4 is 9.16 Å². The van der Waals surface area contributed by atoms with Crippen molar-refractivity contribution in [1.82, 2.24) is 0 Å². The van der Waals surface area contributed by atoms with Crippen LogP contribution >= 0.6 is 0 Å². The molecule has 0 saturated carbocycles. The van der Waals surface area contributed by atoms with E-state index in [0.29, 0.717) is 6.10 Å². The Hall–Kier alpha value is -1.00. The molecule has 2 atom stereocenters. The molecule has 3 nitrogen and oxygen atoms in total. The van der Waals surface area contributed by atoms with Crippen molar-refractivity contribution in [2.45, 2.75) is 97.6 Å². The van der Waals surface area contributed by atoms with Crippen LogP contribution in [-0.2, 0) is 11.2 Å². The van der Waals surface area contributed by atoms with E-state index in [1.54, 1.807) is 0 Å². The smallest absolute Gasteiger partial charge is 0.274 e. The van der Waals surface area contributed by atoms with Gasteiger partial charge in [0.2, 0.25) is 0 Å². The third-order valence-electron chi connectivity index (χ3n) is 5.97. The summed E-state index contributed by atoms with van der Waals surface area (Å²) in [5.41, 5.74) is 5.08. The second kappa shape index (κ2) is 6.31. The topological polar surface area (TPSA) is 31.0 Å². The third-order valence-corrected chi connectivity index (χ3v) is 6.58. The van der Waals surface area contributed by atoms with Gasteiger partial charge in [-0.05, 0) is 97.0 Å². The van der Waals surface area contributed by atoms with E-state index in [2.05, 4.69) is 54.6 Å². The highest BCUT2D eigenvalue weighted by Crippen LogP contribution is 2.46. The highest BCUT2D eigenvalue weighted by atomic mass is 28.3. The van der Waals surface area contributed by atoms with Crippen molar-refractivity contribution in [3.05, 3.63) is 22.3 Å². The standard InChI is InChI=1S/C21H33O3Si/c1-13-14(2)19-16(15(3)18(13)24-25(7)8)9-11-21(6,23-19)12-10-17-20(4,5)22-17/h17H,9-12H2,1-8H3/t17?,21-/m0/s1. The number of rotatable bonds is 5. The average molecular weight is 362 g/mol. The number of epoxide rings is 1. The summed E-state index contributed by atoms with van der Waals surface area (Å²) in [5.74, 6) is 2.20. The molecule has 3 rings (SSSR count). The molecule has 0 N–H and O–H groups in total. The van der Waals surface area contributed by atoms with Crippen LogP contribution in [0.5, 0.6) is 11.5 Å². The summed E-state index contributed by atoms with van der Waals surface area (Å²) in [6.45, 7) is 17.5. The monoisotopic (exact) mass is 361 g/mol. The molecule has 0 aromatic heterocycles. The first-order valence-corrected chi connectivity index (χ1v) is 11.9. The predicted molar refractivity (Wildman–Crippen MR) is 104 cm³/mol. The van der Waals surface area contributed by atoms with Gasteiger partial charge in [0, 0.05) is 5.56 Å². The van der Waals surface area contributed by atoms with Crippen molar-refractivity contribution in [2.24, 2.45) is 0 Å². The number of fused-ring (bicyclic) bond motifs is 1. The van der Waals surface area contributed by atoms with Gasteiger partial charge in [-0.2, -0.15) is 0 Å². The lowest BCUT2D eigenvalue weighted by Crippen LogP contribution is -2.37. The number of ether oxygens (including phenoxy) is 2. The zero-order valence-electron chi connectivity index (χ0n) is 17.1. The van der Waals surface area contributed by atoms with E-state index in [-0.39, 0.29) is 11.2 Å². The van der Waals surface area contributed by atoms with Crippen LogP contribution in [0.15, 0.2) is 0 Å². The van der Waals surface area contributed by atoms with Gasteiger partial charge in [-0.1, -0.05) is 0 Å². The van der Waals surface area contributed by atoms with E-state index in [9.17, 15) is 0 Å². The second-order valence-corrected chi connectivity index (χ2v) is 10.8. The fourth-order valence-electron chi connectivity index (χ4n) is 3.99. The van der Waals surface area contributed by atoms with Crippen molar-refractivity contribution in [3.8, 4) is 11.5 Å². The zero-order chi connectivity index (χ0) is 18.6. The predicted octanol–water partition coefficient (Wildman–Crippen LogP) is 5.28. The lowest BCUT2D eigenvalue weighted by atomic mass is 9.84. The Bertz CT molecular complexity index is 680. The van der Waals surface area contributed by atoms with Gasteiger partial charge in [-0.25, -0.2) is 0 Å². The molecular weight excluding hydrogens is 328 g/mol. The van der Waals surface area contributed by atoms with Gasteiger partial charge in [0.15, 0.2) is 0 Å². The zero-order valence-corrected chi connectivity index (χ0v) is 18.1. The summed E-state index contributed by atoms with van der Waals surface area (Å²) in [7, 11) is -0.773. The summed E-state index contributed by atoms with van der Waals surface area (Å²) in [5, 5.41) is 0. The Kier molecular flexibility index (Phi) is 4.74. The molecule has 2 heterocycles. The Morgan fingerprint density at radius 1 is 1.08 bits per heavy atom. The van der Waals surface area contributed by atoms with Gasteiger partial charge in [0.05, 0.1) is 11.7 Å². The van der Waals surface area contributed by atoms with Crippen molar-refractivity contribution in [1.29, 1.82) is 0 Å². The molecular formula is C21H33O3Si. The molecule has 1 aromatic rings. The quantitative estimate of drug-likeness (QED) is 0.528. The van der Waals surface area contributed by atoms with Crippen LogP contribution in [0.1, 0.15) is 62.3 Å². The highest BCUT2D eigenvalue weighted by Gasteiger charge is 2.48. The second-order valence-electron chi connectivity index (χ2n) is 8.82. The Labute approximate surface area is 154 Å². The number of hydrogen-bond donors (Lipinski definition) is 0. The van der Waals surface area contributed by atoms with Crippen LogP contribution in [-0.4, -0.2) is 26.3 Å². The summed E-state index contributed by atoms with van der Waals surface area (Å²) < 4.78 is 18.6. The average Bonchev–Trinajstić information content (AvgIpc) is 3.14. The van der Waals surface area contributed by atoms with Crippen molar-refractivity contribution < 1.29 is 13.9 Å². The molecule has 2 aliphatic rings. The molecule has 1 fully saturated rings. The van der Waals surface area contributed by atoms with E-state index in [4.69, 9.17) is 13.9 Å². The third kappa shape index (κ3) is 3.61. The molecule has 0 aliphatic carbocycles. The first-order chi connectivity index (χ1) is 11.5. The van der Waals surface area contributed by atoms with Gasteiger partial charge in [0.25, 0.3) is 9.04 Å². The summed E-state index contributed by atoms with van der Waals surface area (Å²) in [6, 6.07) is 0. The Balaban J connectivity index is 1.83. The van der Waals surface area contributed by atoms with Crippen LogP contribution in [0, 0.1) is 20.8 Å². The van der Waals surface area contributed by atoms with Crippen LogP contribution in [0.3, 0.4) is 0 Å². The van der Waals surface area contributed by atoms with Crippen LogP contribution in [0.25, 0.3) is 0 Å². The summed E-state index contributed by atoms with van der Waals surface area (Å²) >= 11 is 0. The minimum atomic E-state index is -0.773. The maximum atomic E-state index is 6.62.